The summed E-state index contributed by atoms with van der Waals surface area (Å²) in [6.07, 6.45) is 0. The van der Waals surface area contributed by atoms with E-state index in [1.807, 2.05) is 13.8 Å². The van der Waals surface area contributed by atoms with Crippen LogP contribution in [0.4, 0.5) is 4.39 Å². The van der Waals surface area contributed by atoms with Gasteiger partial charge in [0.15, 0.2) is 0 Å². The van der Waals surface area contributed by atoms with Crippen LogP contribution in [0.3, 0.4) is 0 Å². The van der Waals surface area contributed by atoms with Gasteiger partial charge in [-0.15, -0.1) is 0 Å². The largest absolute Gasteiger partial charge is 0.389 e. The van der Waals surface area contributed by atoms with E-state index in [0.29, 0.717) is 24.6 Å². The fraction of sp³-hybridized carbons (Fsp3) is 0.467. The van der Waals surface area contributed by atoms with Crippen LogP contribution >= 0.6 is 12.2 Å². The van der Waals surface area contributed by atoms with Crippen LogP contribution in [0.1, 0.15) is 25.0 Å². The smallest absolute Gasteiger partial charge is 0.234 e. The highest BCUT2D eigenvalue weighted by molar-refractivity contribution is 7.80. The molecule has 1 amide bonds. The molecule has 0 aliphatic carbocycles. The molecular weight excluding hydrogens is 289 g/mol. The van der Waals surface area contributed by atoms with Gasteiger partial charge in [-0.3, -0.25) is 9.69 Å². The van der Waals surface area contributed by atoms with Crippen molar-refractivity contribution >= 4 is 23.1 Å². The van der Waals surface area contributed by atoms with Gasteiger partial charge in [0.1, 0.15) is 10.8 Å². The first-order chi connectivity index (χ1) is 9.81. The Bertz CT molecular complexity index is 520. The summed E-state index contributed by atoms with van der Waals surface area (Å²) in [6.45, 7) is 5.22. The predicted molar refractivity (Wildman–Crippen MR) is 86.5 cm³/mol. The number of nitrogens with two attached hydrogens (primary N) is 1. The number of hydrogen-bond donors (Lipinski definition) is 2. The second-order valence-electron chi connectivity index (χ2n) is 5.51. The van der Waals surface area contributed by atoms with Crippen molar-refractivity contribution in [3.05, 3.63) is 35.1 Å². The van der Waals surface area contributed by atoms with Crippen LogP contribution in [-0.4, -0.2) is 35.9 Å². The number of nitrogens with zero attached hydrogens (tertiary/aromatic N) is 1. The number of nitrogens with one attached hydrogen (secondary N) is 1. The standard InChI is InChI=1S/C15H22FN3OS/c1-10(2)7-18-13(20)9-19(3)8-11-5-4-6-12(14(11)16)15(17)21/h4-6,10H,7-9H2,1-3H3,(H2,17,21)(H,18,20). The summed E-state index contributed by atoms with van der Waals surface area (Å²) < 4.78 is 14.2. The van der Waals surface area contributed by atoms with Crippen LogP contribution in [0.5, 0.6) is 0 Å². The Morgan fingerprint density at radius 3 is 2.71 bits per heavy atom. The van der Waals surface area contributed by atoms with Gasteiger partial charge in [0.25, 0.3) is 0 Å². The van der Waals surface area contributed by atoms with Crippen molar-refractivity contribution in [2.45, 2.75) is 20.4 Å². The molecule has 1 aromatic rings. The van der Waals surface area contributed by atoms with Crippen LogP contribution in [0.2, 0.25) is 0 Å². The Morgan fingerprint density at radius 2 is 2.14 bits per heavy atom. The summed E-state index contributed by atoms with van der Waals surface area (Å²) in [6, 6.07) is 4.93. The van der Waals surface area contributed by atoms with Gasteiger partial charge in [0, 0.05) is 24.2 Å². The van der Waals surface area contributed by atoms with E-state index in [1.165, 1.54) is 0 Å². The summed E-state index contributed by atoms with van der Waals surface area (Å²) in [5.74, 6) is -0.0875. The number of rotatable bonds is 7. The number of thiocarbonyl (C=S) groups is 1. The fourth-order valence-electron chi connectivity index (χ4n) is 1.86. The van der Waals surface area contributed by atoms with Gasteiger partial charge in [0.2, 0.25) is 5.91 Å². The normalized spacial score (nSPS) is 11.0. The maximum Gasteiger partial charge on any atom is 0.234 e. The molecule has 0 fully saturated rings. The molecule has 0 unspecified atom stereocenters. The number of likely N-dealkylation sites (N-methyl/N-ethyl adjacent to an activating group) is 1. The van der Waals surface area contributed by atoms with E-state index in [0.717, 1.165) is 0 Å². The summed E-state index contributed by atoms with van der Waals surface area (Å²) >= 11 is 4.81. The molecule has 0 aliphatic heterocycles. The van der Waals surface area contributed by atoms with Gasteiger partial charge in [-0.05, 0) is 19.0 Å². The highest BCUT2D eigenvalue weighted by atomic mass is 32.1. The van der Waals surface area contributed by atoms with Gasteiger partial charge < -0.3 is 11.1 Å². The number of carbonyl (C=O) groups excluding carboxylic acids is 1. The van der Waals surface area contributed by atoms with Gasteiger partial charge >= 0.3 is 0 Å². The lowest BCUT2D eigenvalue weighted by Gasteiger charge is -2.18. The Balaban J connectivity index is 2.63. The number of hydrogen-bond acceptors (Lipinski definition) is 3. The minimum Gasteiger partial charge on any atom is -0.389 e. The predicted octanol–water partition coefficient (Wildman–Crippen LogP) is 1.66. The van der Waals surface area contributed by atoms with Crippen molar-refractivity contribution in [1.29, 1.82) is 0 Å². The zero-order valence-electron chi connectivity index (χ0n) is 12.6. The van der Waals surface area contributed by atoms with Crippen LogP contribution in [0.15, 0.2) is 18.2 Å². The molecule has 116 valence electrons. The molecule has 21 heavy (non-hydrogen) atoms. The highest BCUT2D eigenvalue weighted by Gasteiger charge is 2.13. The van der Waals surface area contributed by atoms with Crippen LogP contribution in [-0.2, 0) is 11.3 Å². The third-order valence-electron chi connectivity index (χ3n) is 2.91. The molecule has 6 heteroatoms. The monoisotopic (exact) mass is 311 g/mol. The second kappa shape index (κ2) is 8.05. The average molecular weight is 311 g/mol. The topological polar surface area (TPSA) is 58.4 Å². The number of benzene rings is 1. The van der Waals surface area contributed by atoms with Crippen molar-refractivity contribution in [2.24, 2.45) is 11.7 Å². The molecule has 0 spiro atoms. The first-order valence-electron chi connectivity index (χ1n) is 6.83. The van der Waals surface area contributed by atoms with Gasteiger partial charge in [-0.25, -0.2) is 4.39 Å². The van der Waals surface area contributed by atoms with Crippen LogP contribution in [0.25, 0.3) is 0 Å². The SMILES string of the molecule is CC(C)CNC(=O)CN(C)Cc1cccc(C(N)=S)c1F. The number of halogens is 1. The van der Waals surface area contributed by atoms with Crippen LogP contribution in [0, 0.1) is 11.7 Å². The van der Waals surface area contributed by atoms with E-state index in [1.54, 1.807) is 30.1 Å². The fourth-order valence-corrected chi connectivity index (χ4v) is 2.02. The molecule has 0 aromatic heterocycles. The molecule has 0 saturated carbocycles. The summed E-state index contributed by atoms with van der Waals surface area (Å²) in [5, 5.41) is 2.83. The van der Waals surface area contributed by atoms with Crippen molar-refractivity contribution in [3.63, 3.8) is 0 Å². The second-order valence-corrected chi connectivity index (χ2v) is 5.95. The Labute approximate surface area is 130 Å². The van der Waals surface area contributed by atoms with E-state index in [-0.39, 0.29) is 23.0 Å². The van der Waals surface area contributed by atoms with Gasteiger partial charge in [-0.1, -0.05) is 38.2 Å². The molecule has 4 nitrogen and oxygen atoms in total. The van der Waals surface area contributed by atoms with Gasteiger partial charge in [0.05, 0.1) is 6.54 Å². The van der Waals surface area contributed by atoms with E-state index in [4.69, 9.17) is 18.0 Å². The Morgan fingerprint density at radius 1 is 1.48 bits per heavy atom. The van der Waals surface area contributed by atoms with E-state index in [2.05, 4.69) is 5.32 Å². The lowest BCUT2D eigenvalue weighted by molar-refractivity contribution is -0.122. The molecule has 3 N–H and O–H groups in total. The molecule has 0 radical (unpaired) electrons. The van der Waals surface area contributed by atoms with E-state index < -0.39 is 5.82 Å². The molecule has 0 atom stereocenters. The Kier molecular flexibility index (Phi) is 6.71. The van der Waals surface area contributed by atoms with Crippen LogP contribution < -0.4 is 11.1 Å². The molecule has 1 rings (SSSR count). The molecule has 0 saturated heterocycles. The van der Waals surface area contributed by atoms with Crippen molar-refractivity contribution < 1.29 is 9.18 Å². The summed E-state index contributed by atoms with van der Waals surface area (Å²) in [5.41, 5.74) is 6.18. The van der Waals surface area contributed by atoms with Crippen molar-refractivity contribution in [1.82, 2.24) is 10.2 Å². The zero-order chi connectivity index (χ0) is 16.0. The molecular formula is C15H22FN3OS. The maximum atomic E-state index is 14.2. The average Bonchev–Trinajstić information content (AvgIpc) is 2.38. The quantitative estimate of drug-likeness (QED) is 0.752. The molecule has 0 aliphatic rings. The maximum absolute atomic E-state index is 14.2. The number of amides is 1. The lowest BCUT2D eigenvalue weighted by atomic mass is 10.1. The van der Waals surface area contributed by atoms with E-state index >= 15 is 0 Å². The highest BCUT2D eigenvalue weighted by Crippen LogP contribution is 2.14. The Hall–Kier alpha value is -1.53. The molecule has 0 heterocycles. The zero-order valence-corrected chi connectivity index (χ0v) is 13.5. The summed E-state index contributed by atoms with van der Waals surface area (Å²) in [4.78, 5) is 13.5. The molecule has 1 aromatic carbocycles. The summed E-state index contributed by atoms with van der Waals surface area (Å²) in [7, 11) is 1.77. The van der Waals surface area contributed by atoms with Crippen molar-refractivity contribution in [2.75, 3.05) is 20.1 Å². The van der Waals surface area contributed by atoms with E-state index in [9.17, 15) is 9.18 Å². The lowest BCUT2D eigenvalue weighted by Crippen LogP contribution is -2.36. The van der Waals surface area contributed by atoms with Gasteiger partial charge in [-0.2, -0.15) is 0 Å². The number of carbonyl (C=O) groups is 1. The first-order valence-corrected chi connectivity index (χ1v) is 7.24. The third kappa shape index (κ3) is 5.77. The third-order valence-corrected chi connectivity index (χ3v) is 3.13. The minimum absolute atomic E-state index is 0.0340. The first kappa shape index (κ1) is 17.5. The molecule has 0 bridgehead atoms. The van der Waals surface area contributed by atoms with Crippen molar-refractivity contribution in [3.8, 4) is 0 Å². The minimum atomic E-state index is -0.417.